The smallest absolute Gasteiger partial charge is 0.171 e. The van der Waals surface area contributed by atoms with Gasteiger partial charge in [-0.05, 0) is 88.8 Å². The van der Waals surface area contributed by atoms with Crippen LogP contribution in [0, 0.1) is 6.92 Å². The van der Waals surface area contributed by atoms with E-state index in [1.807, 2.05) is 44.1 Å². The lowest BCUT2D eigenvalue weighted by Gasteiger charge is -2.31. The fraction of sp³-hybridized carbons (Fsp3) is 0.450. The molecule has 0 atom stereocenters. The fourth-order valence-electron chi connectivity index (χ4n) is 3.44. The van der Waals surface area contributed by atoms with E-state index in [9.17, 15) is 0 Å². The normalized spacial score (nSPS) is 18.6. The van der Waals surface area contributed by atoms with E-state index in [4.69, 9.17) is 12.2 Å². The molecule has 2 aromatic rings. The molecule has 6 nitrogen and oxygen atoms in total. The Bertz CT molecular complexity index is 892. The van der Waals surface area contributed by atoms with E-state index in [0.29, 0.717) is 17.2 Å². The number of thiocarbonyl (C=S) groups is 1. The van der Waals surface area contributed by atoms with E-state index < -0.39 is 0 Å². The predicted octanol–water partition coefficient (Wildman–Crippen LogP) is 5.85. The molecule has 1 aliphatic carbocycles. The molecule has 1 aliphatic rings. The summed E-state index contributed by atoms with van der Waals surface area (Å²) in [4.78, 5) is 11.0. The highest BCUT2D eigenvalue weighted by atomic mass is 79.9. The Balaban J connectivity index is 1.51. The summed E-state index contributed by atoms with van der Waals surface area (Å²) >= 11 is 16.2. The minimum absolute atomic E-state index is 0.362. The monoisotopic (exact) mass is 618 g/mol. The number of aromatic nitrogens is 2. The molecule has 0 spiro atoms. The summed E-state index contributed by atoms with van der Waals surface area (Å²) in [6, 6.07) is 6.75. The summed E-state index contributed by atoms with van der Waals surface area (Å²) in [5.41, 5.74) is 0.918. The molecule has 30 heavy (non-hydrogen) atoms. The Hall–Kier alpha value is -0.970. The number of rotatable bonds is 5. The molecule has 0 saturated heterocycles. The van der Waals surface area contributed by atoms with Gasteiger partial charge in [0.25, 0.3) is 0 Å². The molecule has 162 valence electrons. The van der Waals surface area contributed by atoms with Gasteiger partial charge in [0, 0.05) is 45.7 Å². The topological polar surface area (TPSA) is 65.1 Å². The van der Waals surface area contributed by atoms with Crippen molar-refractivity contribution in [1.82, 2.24) is 15.3 Å². The van der Waals surface area contributed by atoms with E-state index in [0.717, 1.165) is 62.2 Å². The number of aryl methyl sites for hydroxylation is 1. The minimum atomic E-state index is 0.362. The second kappa shape index (κ2) is 10.6. The first-order valence-corrected chi connectivity index (χ1v) is 12.5. The van der Waals surface area contributed by atoms with E-state index >= 15 is 0 Å². The molecule has 0 bridgehead atoms. The third-order valence-electron chi connectivity index (χ3n) is 4.94. The van der Waals surface area contributed by atoms with Gasteiger partial charge in [0.05, 0.1) is 5.69 Å². The van der Waals surface area contributed by atoms with Crippen LogP contribution >= 0.6 is 60.0 Å². The third-order valence-corrected chi connectivity index (χ3v) is 6.87. The molecule has 3 rings (SSSR count). The predicted molar refractivity (Wildman–Crippen MR) is 140 cm³/mol. The van der Waals surface area contributed by atoms with Gasteiger partial charge in [-0.25, -0.2) is 9.97 Å². The second-order valence-corrected chi connectivity index (χ2v) is 10.6. The van der Waals surface area contributed by atoms with Gasteiger partial charge in [-0.3, -0.25) is 0 Å². The van der Waals surface area contributed by atoms with Gasteiger partial charge in [0.1, 0.15) is 17.5 Å². The van der Waals surface area contributed by atoms with Crippen molar-refractivity contribution in [3.05, 3.63) is 37.4 Å². The Kier molecular flexibility index (Phi) is 8.34. The van der Waals surface area contributed by atoms with Crippen molar-refractivity contribution < 1.29 is 0 Å². The largest absolute Gasteiger partial charge is 0.367 e. The maximum Gasteiger partial charge on any atom is 0.171 e. The van der Waals surface area contributed by atoms with Crippen LogP contribution in [-0.4, -0.2) is 41.3 Å². The van der Waals surface area contributed by atoms with Crippen LogP contribution in [0.15, 0.2) is 31.6 Å². The minimum Gasteiger partial charge on any atom is -0.367 e. The standard InChI is InChI=1S/C20H25Br3N6S/c1-11-24-17(10-18(25-11)29(2)3)26-13-4-6-14(7-5-13)27-20(30)28-19-15(22)8-12(21)9-16(19)23/h8-10,13-14H,4-7H2,1-3H3,(H,24,25,26)(H2,27,28,30). The molecule has 0 unspecified atom stereocenters. The molecule has 10 heteroatoms. The average Bonchev–Trinajstić information content (AvgIpc) is 2.66. The fourth-order valence-corrected chi connectivity index (χ4v) is 6.17. The molecule has 0 aliphatic heterocycles. The first kappa shape index (κ1) is 23.7. The molecule has 1 aromatic carbocycles. The van der Waals surface area contributed by atoms with Crippen LogP contribution in [0.2, 0.25) is 0 Å². The zero-order valence-electron chi connectivity index (χ0n) is 17.1. The molecular weight excluding hydrogens is 596 g/mol. The number of benzene rings is 1. The number of hydrogen-bond donors (Lipinski definition) is 3. The molecule has 0 amide bonds. The Morgan fingerprint density at radius 3 is 2.20 bits per heavy atom. The Labute approximate surface area is 208 Å². The Morgan fingerprint density at radius 1 is 1.00 bits per heavy atom. The van der Waals surface area contributed by atoms with E-state index in [2.05, 4.69) is 73.7 Å². The van der Waals surface area contributed by atoms with Gasteiger partial charge in [-0.2, -0.15) is 0 Å². The third kappa shape index (κ3) is 6.51. The van der Waals surface area contributed by atoms with E-state index in [1.54, 1.807) is 0 Å². The van der Waals surface area contributed by atoms with Gasteiger partial charge < -0.3 is 20.9 Å². The van der Waals surface area contributed by atoms with Gasteiger partial charge >= 0.3 is 0 Å². The summed E-state index contributed by atoms with van der Waals surface area (Å²) in [7, 11) is 3.98. The lowest BCUT2D eigenvalue weighted by atomic mass is 9.91. The first-order chi connectivity index (χ1) is 14.2. The van der Waals surface area contributed by atoms with Gasteiger partial charge in [-0.15, -0.1) is 0 Å². The van der Waals surface area contributed by atoms with Crippen molar-refractivity contribution in [2.75, 3.05) is 29.6 Å². The summed E-state index contributed by atoms with van der Waals surface area (Å²) in [5.74, 6) is 2.59. The maximum absolute atomic E-state index is 5.54. The summed E-state index contributed by atoms with van der Waals surface area (Å²) in [6.45, 7) is 1.93. The zero-order valence-corrected chi connectivity index (χ0v) is 22.7. The van der Waals surface area contributed by atoms with Crippen molar-refractivity contribution in [3.63, 3.8) is 0 Å². The van der Waals surface area contributed by atoms with Crippen LogP contribution in [0.5, 0.6) is 0 Å². The molecule has 3 N–H and O–H groups in total. The molecular formula is C20H25Br3N6S. The highest BCUT2D eigenvalue weighted by Crippen LogP contribution is 2.34. The Morgan fingerprint density at radius 2 is 1.60 bits per heavy atom. The number of halogens is 3. The van der Waals surface area contributed by atoms with Crippen LogP contribution in [-0.2, 0) is 0 Å². The number of nitrogens with one attached hydrogen (secondary N) is 3. The van der Waals surface area contributed by atoms with Gasteiger partial charge in [0.2, 0.25) is 0 Å². The highest BCUT2D eigenvalue weighted by Gasteiger charge is 2.22. The van der Waals surface area contributed by atoms with Crippen LogP contribution in [0.4, 0.5) is 17.3 Å². The average molecular weight is 621 g/mol. The number of anilines is 3. The molecule has 1 heterocycles. The van der Waals surface area contributed by atoms with Crippen molar-refractivity contribution in [3.8, 4) is 0 Å². The molecule has 1 saturated carbocycles. The lowest BCUT2D eigenvalue weighted by molar-refractivity contribution is 0.388. The SMILES string of the molecule is Cc1nc(NC2CCC(NC(=S)Nc3c(Br)cc(Br)cc3Br)CC2)cc(N(C)C)n1. The molecule has 0 radical (unpaired) electrons. The molecule has 1 aromatic heterocycles. The van der Waals surface area contributed by atoms with Crippen molar-refractivity contribution in [2.45, 2.75) is 44.7 Å². The van der Waals surface area contributed by atoms with Crippen molar-refractivity contribution >= 4 is 82.4 Å². The van der Waals surface area contributed by atoms with Crippen LogP contribution in [0.1, 0.15) is 31.5 Å². The summed E-state index contributed by atoms with van der Waals surface area (Å²) in [6.07, 6.45) is 4.22. The van der Waals surface area contributed by atoms with Gasteiger partial charge in [0.15, 0.2) is 5.11 Å². The summed E-state index contributed by atoms with van der Waals surface area (Å²) < 4.78 is 2.88. The first-order valence-electron chi connectivity index (χ1n) is 9.73. The number of hydrogen-bond acceptors (Lipinski definition) is 5. The highest BCUT2D eigenvalue weighted by molar-refractivity contribution is 9.11. The quantitative estimate of drug-likeness (QED) is 0.363. The van der Waals surface area contributed by atoms with Crippen LogP contribution < -0.4 is 20.9 Å². The van der Waals surface area contributed by atoms with E-state index in [-0.39, 0.29) is 0 Å². The molecule has 1 fully saturated rings. The zero-order chi connectivity index (χ0) is 21.8. The summed E-state index contributed by atoms with van der Waals surface area (Å²) in [5, 5.41) is 11.0. The van der Waals surface area contributed by atoms with Crippen LogP contribution in [0.25, 0.3) is 0 Å². The van der Waals surface area contributed by atoms with E-state index in [1.165, 1.54) is 0 Å². The number of nitrogens with zero attached hydrogens (tertiary/aromatic N) is 3. The van der Waals surface area contributed by atoms with Crippen molar-refractivity contribution in [1.29, 1.82) is 0 Å². The lowest BCUT2D eigenvalue weighted by Crippen LogP contribution is -2.42. The van der Waals surface area contributed by atoms with Crippen molar-refractivity contribution in [2.24, 2.45) is 0 Å². The van der Waals surface area contributed by atoms with Gasteiger partial charge in [-0.1, -0.05) is 15.9 Å². The second-order valence-electron chi connectivity index (χ2n) is 7.59. The maximum atomic E-state index is 5.54. The van der Waals surface area contributed by atoms with Crippen LogP contribution in [0.3, 0.4) is 0 Å².